The normalized spacial score (nSPS) is 22.6. The Balaban J connectivity index is 2.70. The molecule has 136 valence electrons. The molecule has 25 heavy (non-hydrogen) atoms. The van der Waals surface area contributed by atoms with Gasteiger partial charge >= 0.3 is 0 Å². The standard InChI is InChI=1S/C20H30N4O/c1-7-14-10-17(23-20(3,4)5)18-15(8-9-24(6)19(18)25)11-16(14)22-13(2)12-21/h8-9,12-14,21H,7,10-11H2,1-6H3. The maximum absolute atomic E-state index is 12.8. The lowest BCUT2D eigenvalue weighted by Gasteiger charge is -2.19. The van der Waals surface area contributed by atoms with Crippen molar-refractivity contribution < 1.29 is 0 Å². The molecule has 0 fully saturated rings. The Kier molecular flexibility index (Phi) is 5.76. The fourth-order valence-corrected chi connectivity index (χ4v) is 3.25. The first-order chi connectivity index (χ1) is 11.7. The summed E-state index contributed by atoms with van der Waals surface area (Å²) in [6.07, 6.45) is 5.51. The van der Waals surface area contributed by atoms with Crippen LogP contribution in [0, 0.1) is 11.3 Å². The third kappa shape index (κ3) is 4.53. The molecule has 5 nitrogen and oxygen atoms in total. The Morgan fingerprint density at radius 1 is 1.44 bits per heavy atom. The Morgan fingerprint density at radius 3 is 2.68 bits per heavy atom. The van der Waals surface area contributed by atoms with Crippen LogP contribution >= 0.6 is 0 Å². The Labute approximate surface area is 150 Å². The quantitative estimate of drug-likeness (QED) is 0.663. The topological polar surface area (TPSA) is 70.6 Å². The zero-order valence-corrected chi connectivity index (χ0v) is 16.3. The van der Waals surface area contributed by atoms with Gasteiger partial charge in [-0.2, -0.15) is 0 Å². The Bertz CT molecular complexity index is 765. The number of hydrogen-bond donors (Lipinski definition) is 1. The van der Waals surface area contributed by atoms with Gasteiger partial charge in [-0.25, -0.2) is 0 Å². The summed E-state index contributed by atoms with van der Waals surface area (Å²) in [5.41, 5.74) is 3.48. The maximum Gasteiger partial charge on any atom is 0.259 e. The molecule has 0 aromatic carbocycles. The second-order valence-electron chi connectivity index (χ2n) is 7.88. The molecule has 0 saturated carbocycles. The molecule has 2 unspecified atom stereocenters. The number of nitrogens with zero attached hydrogens (tertiary/aromatic N) is 3. The van der Waals surface area contributed by atoms with E-state index >= 15 is 0 Å². The van der Waals surface area contributed by atoms with Crippen LogP contribution in [0.5, 0.6) is 0 Å². The third-order valence-electron chi connectivity index (χ3n) is 4.50. The van der Waals surface area contributed by atoms with Gasteiger partial charge in [0.1, 0.15) is 0 Å². The Hall–Kier alpha value is -2.04. The van der Waals surface area contributed by atoms with Crippen LogP contribution in [0.4, 0.5) is 0 Å². The highest BCUT2D eigenvalue weighted by Crippen LogP contribution is 2.26. The lowest BCUT2D eigenvalue weighted by Crippen LogP contribution is -2.28. The largest absolute Gasteiger partial charge is 0.318 e. The van der Waals surface area contributed by atoms with Gasteiger partial charge in [0.15, 0.2) is 0 Å². The number of fused-ring (bicyclic) bond motifs is 1. The van der Waals surface area contributed by atoms with Crippen molar-refractivity contribution >= 4 is 17.6 Å². The highest BCUT2D eigenvalue weighted by atomic mass is 16.1. The monoisotopic (exact) mass is 342 g/mol. The number of aliphatic imine (C=N–C) groups is 2. The number of rotatable bonds is 3. The van der Waals surface area contributed by atoms with E-state index in [2.05, 4.69) is 27.7 Å². The lowest BCUT2D eigenvalue weighted by atomic mass is 9.93. The molecule has 5 heteroatoms. The molecule has 0 spiro atoms. The third-order valence-corrected chi connectivity index (χ3v) is 4.50. The van der Waals surface area contributed by atoms with Crippen LogP contribution in [0.2, 0.25) is 0 Å². The highest BCUT2D eigenvalue weighted by molar-refractivity contribution is 6.07. The van der Waals surface area contributed by atoms with Crippen molar-refractivity contribution in [2.45, 2.75) is 65.5 Å². The predicted octanol–water partition coefficient (Wildman–Crippen LogP) is 3.42. The van der Waals surface area contributed by atoms with E-state index in [9.17, 15) is 4.79 Å². The molecule has 2 atom stereocenters. The van der Waals surface area contributed by atoms with E-state index in [0.29, 0.717) is 6.42 Å². The molecule has 0 saturated heterocycles. The van der Waals surface area contributed by atoms with E-state index in [1.807, 2.05) is 19.2 Å². The first-order valence-electron chi connectivity index (χ1n) is 9.01. The molecule has 1 aliphatic carbocycles. The number of hydrogen-bond acceptors (Lipinski definition) is 4. The zero-order valence-electron chi connectivity index (χ0n) is 16.3. The van der Waals surface area contributed by atoms with E-state index in [0.717, 1.165) is 35.4 Å². The van der Waals surface area contributed by atoms with Gasteiger partial charge < -0.3 is 9.98 Å². The van der Waals surface area contributed by atoms with Gasteiger partial charge in [0, 0.05) is 43.2 Å². The summed E-state index contributed by atoms with van der Waals surface area (Å²) in [7, 11) is 1.78. The molecule has 0 radical (unpaired) electrons. The summed E-state index contributed by atoms with van der Waals surface area (Å²) < 4.78 is 1.63. The fraction of sp³-hybridized carbons (Fsp3) is 0.600. The second-order valence-corrected chi connectivity index (χ2v) is 7.88. The van der Waals surface area contributed by atoms with Gasteiger partial charge in [-0.15, -0.1) is 0 Å². The van der Waals surface area contributed by atoms with Gasteiger partial charge in [0.2, 0.25) is 0 Å². The van der Waals surface area contributed by atoms with E-state index in [1.165, 1.54) is 6.21 Å². The summed E-state index contributed by atoms with van der Waals surface area (Å²) in [6.45, 7) is 10.3. The van der Waals surface area contributed by atoms with Crippen LogP contribution in [0.25, 0.3) is 0 Å². The summed E-state index contributed by atoms with van der Waals surface area (Å²) >= 11 is 0. The van der Waals surface area contributed by atoms with Crippen molar-refractivity contribution in [1.82, 2.24) is 4.57 Å². The van der Waals surface area contributed by atoms with E-state index in [-0.39, 0.29) is 23.1 Å². The van der Waals surface area contributed by atoms with Crippen LogP contribution in [0.15, 0.2) is 27.0 Å². The van der Waals surface area contributed by atoms with Crippen molar-refractivity contribution in [3.8, 4) is 0 Å². The number of aromatic nitrogens is 1. The van der Waals surface area contributed by atoms with E-state index in [1.54, 1.807) is 11.6 Å². The van der Waals surface area contributed by atoms with Crippen LogP contribution in [0.3, 0.4) is 0 Å². The van der Waals surface area contributed by atoms with Gasteiger partial charge in [-0.1, -0.05) is 6.92 Å². The maximum atomic E-state index is 12.8. The van der Waals surface area contributed by atoms with Crippen molar-refractivity contribution in [2.75, 3.05) is 0 Å². The minimum absolute atomic E-state index is 0.0108. The first kappa shape index (κ1) is 19.3. The van der Waals surface area contributed by atoms with Crippen molar-refractivity contribution in [3.05, 3.63) is 33.7 Å². The molecule has 0 amide bonds. The minimum Gasteiger partial charge on any atom is -0.318 e. The molecular formula is C20H30N4O. The number of pyridine rings is 1. The van der Waals surface area contributed by atoms with Crippen LogP contribution in [-0.4, -0.2) is 33.8 Å². The summed E-state index contributed by atoms with van der Waals surface area (Å²) in [4.78, 5) is 22.5. The molecule has 2 rings (SSSR count). The smallest absolute Gasteiger partial charge is 0.259 e. The molecular weight excluding hydrogens is 312 g/mol. The first-order valence-corrected chi connectivity index (χ1v) is 9.01. The van der Waals surface area contributed by atoms with E-state index in [4.69, 9.17) is 15.4 Å². The molecule has 1 heterocycles. The summed E-state index contributed by atoms with van der Waals surface area (Å²) in [6, 6.07) is 1.87. The minimum atomic E-state index is -0.240. The second kappa shape index (κ2) is 7.46. The van der Waals surface area contributed by atoms with Crippen LogP contribution < -0.4 is 5.56 Å². The Morgan fingerprint density at radius 2 is 2.12 bits per heavy atom. The summed E-state index contributed by atoms with van der Waals surface area (Å²) in [5, 5.41) is 7.46. The summed E-state index contributed by atoms with van der Waals surface area (Å²) in [5.74, 6) is 0.251. The lowest BCUT2D eigenvalue weighted by molar-refractivity contribution is 0.577. The van der Waals surface area contributed by atoms with Crippen LogP contribution in [0.1, 0.15) is 58.6 Å². The average Bonchev–Trinajstić information content (AvgIpc) is 2.66. The van der Waals surface area contributed by atoms with Crippen molar-refractivity contribution in [2.24, 2.45) is 23.0 Å². The van der Waals surface area contributed by atoms with Gasteiger partial charge in [-0.05, 0) is 52.2 Å². The molecule has 1 aromatic rings. The SMILES string of the molecule is CCC1CC(=NC(C)(C)C)c2c(ccn(C)c2=O)CC1=NC(C)C=N. The molecule has 0 aliphatic heterocycles. The predicted molar refractivity (Wildman–Crippen MR) is 106 cm³/mol. The zero-order chi connectivity index (χ0) is 18.8. The fourth-order valence-electron chi connectivity index (χ4n) is 3.25. The molecule has 1 aromatic heterocycles. The number of aryl methyl sites for hydroxylation is 1. The average molecular weight is 342 g/mol. The van der Waals surface area contributed by atoms with Gasteiger partial charge in [0.25, 0.3) is 5.56 Å². The van der Waals surface area contributed by atoms with Crippen molar-refractivity contribution in [1.29, 1.82) is 5.41 Å². The highest BCUT2D eigenvalue weighted by Gasteiger charge is 2.28. The number of nitrogens with one attached hydrogen (secondary N) is 1. The van der Waals surface area contributed by atoms with E-state index < -0.39 is 0 Å². The van der Waals surface area contributed by atoms with Crippen LogP contribution in [-0.2, 0) is 13.5 Å². The van der Waals surface area contributed by atoms with Gasteiger partial charge in [-0.3, -0.25) is 14.8 Å². The molecule has 0 bridgehead atoms. The van der Waals surface area contributed by atoms with Crippen molar-refractivity contribution in [3.63, 3.8) is 0 Å². The molecule has 1 aliphatic rings. The molecule has 1 N–H and O–H groups in total. The van der Waals surface area contributed by atoms with Gasteiger partial charge in [0.05, 0.1) is 17.1 Å².